The van der Waals surface area contributed by atoms with Gasteiger partial charge in [0.1, 0.15) is 11.4 Å². The molecule has 152 valence electrons. The number of nitrogens with zero attached hydrogens (tertiary/aromatic N) is 1. The fourth-order valence-corrected chi connectivity index (χ4v) is 3.32. The predicted octanol–water partition coefficient (Wildman–Crippen LogP) is 5.04. The van der Waals surface area contributed by atoms with Gasteiger partial charge in [-0.2, -0.15) is 0 Å². The molecule has 0 saturated carbocycles. The first-order chi connectivity index (χ1) is 14.0. The van der Waals surface area contributed by atoms with Crippen molar-refractivity contribution in [3.63, 3.8) is 0 Å². The van der Waals surface area contributed by atoms with Crippen LogP contribution in [0.15, 0.2) is 48.2 Å². The zero-order valence-corrected chi connectivity index (χ0v) is 17.7. The molecule has 0 aromatic heterocycles. The van der Waals surface area contributed by atoms with E-state index >= 15 is 0 Å². The van der Waals surface area contributed by atoms with E-state index in [1.54, 1.807) is 6.07 Å². The summed E-state index contributed by atoms with van der Waals surface area (Å²) in [5.41, 5.74) is 2.91. The second-order valence-corrected chi connectivity index (χ2v) is 7.38. The van der Waals surface area contributed by atoms with Crippen molar-refractivity contribution in [1.29, 1.82) is 0 Å². The molecule has 2 aromatic carbocycles. The Morgan fingerprint density at radius 1 is 1.00 bits per heavy atom. The summed E-state index contributed by atoms with van der Waals surface area (Å²) < 4.78 is 5.62. The van der Waals surface area contributed by atoms with Crippen LogP contribution in [0.25, 0.3) is 5.57 Å². The summed E-state index contributed by atoms with van der Waals surface area (Å²) >= 11 is 6.22. The van der Waals surface area contributed by atoms with E-state index in [0.717, 1.165) is 17.7 Å². The smallest absolute Gasteiger partial charge is 0.278 e. The Morgan fingerprint density at radius 2 is 1.72 bits per heavy atom. The number of benzene rings is 2. The summed E-state index contributed by atoms with van der Waals surface area (Å²) in [4.78, 5) is 27.3. The average Bonchev–Trinajstić information content (AvgIpc) is 2.94. The number of aryl methyl sites for hydroxylation is 1. The van der Waals surface area contributed by atoms with Crippen molar-refractivity contribution in [2.45, 2.75) is 33.6 Å². The number of ether oxygens (including phenoxy) is 1. The first-order valence-corrected chi connectivity index (χ1v) is 10.2. The molecule has 5 nitrogen and oxygen atoms in total. The quantitative estimate of drug-likeness (QED) is 0.617. The fourth-order valence-electron chi connectivity index (χ4n) is 3.14. The van der Waals surface area contributed by atoms with Crippen molar-refractivity contribution in [3.8, 4) is 5.75 Å². The predicted molar refractivity (Wildman–Crippen MR) is 116 cm³/mol. The van der Waals surface area contributed by atoms with Crippen LogP contribution in [0.1, 0.15) is 37.8 Å². The summed E-state index contributed by atoms with van der Waals surface area (Å²) in [6.45, 7) is 6.89. The molecular formula is C23H25ClN2O3. The van der Waals surface area contributed by atoms with Crippen LogP contribution in [0.2, 0.25) is 5.02 Å². The number of carbonyl (C=O) groups is 2. The monoisotopic (exact) mass is 412 g/mol. The van der Waals surface area contributed by atoms with E-state index in [2.05, 4.69) is 5.32 Å². The largest absolute Gasteiger partial charge is 0.494 e. The number of hydrogen-bond acceptors (Lipinski definition) is 4. The molecule has 0 saturated heterocycles. The van der Waals surface area contributed by atoms with Crippen molar-refractivity contribution < 1.29 is 14.3 Å². The van der Waals surface area contributed by atoms with Crippen molar-refractivity contribution >= 4 is 34.7 Å². The van der Waals surface area contributed by atoms with E-state index in [9.17, 15) is 9.59 Å². The minimum Gasteiger partial charge on any atom is -0.494 e. The van der Waals surface area contributed by atoms with E-state index in [-0.39, 0.29) is 17.5 Å². The molecule has 1 heterocycles. The summed E-state index contributed by atoms with van der Waals surface area (Å²) in [7, 11) is 0. The Hall–Kier alpha value is -2.79. The van der Waals surface area contributed by atoms with Gasteiger partial charge in [-0.05, 0) is 55.2 Å². The Labute approximate surface area is 176 Å². The Bertz CT molecular complexity index is 951. The van der Waals surface area contributed by atoms with Crippen LogP contribution in [0.3, 0.4) is 0 Å². The number of hydrogen-bond donors (Lipinski definition) is 1. The molecule has 1 aliphatic heterocycles. The number of imide groups is 1. The van der Waals surface area contributed by atoms with Crippen LogP contribution in [0.5, 0.6) is 5.75 Å². The lowest BCUT2D eigenvalue weighted by molar-refractivity contribution is -0.136. The van der Waals surface area contributed by atoms with Crippen LogP contribution in [0.4, 0.5) is 5.69 Å². The molecule has 0 radical (unpaired) electrons. The number of amides is 2. The highest BCUT2D eigenvalue weighted by molar-refractivity contribution is 6.36. The molecule has 0 atom stereocenters. The normalized spacial score (nSPS) is 14.0. The minimum absolute atomic E-state index is 0.269. The minimum atomic E-state index is -0.324. The molecular weight excluding hydrogens is 388 g/mol. The maximum absolute atomic E-state index is 13.0. The first-order valence-electron chi connectivity index (χ1n) is 9.83. The molecule has 29 heavy (non-hydrogen) atoms. The van der Waals surface area contributed by atoms with Crippen molar-refractivity contribution in [2.75, 3.05) is 18.5 Å². The Kier molecular flexibility index (Phi) is 6.60. The van der Waals surface area contributed by atoms with Gasteiger partial charge < -0.3 is 10.1 Å². The summed E-state index contributed by atoms with van der Waals surface area (Å²) in [6.07, 6.45) is 1.61. The van der Waals surface area contributed by atoms with Gasteiger partial charge in [0.05, 0.1) is 12.2 Å². The Balaban J connectivity index is 1.99. The summed E-state index contributed by atoms with van der Waals surface area (Å²) in [5, 5.41) is 3.72. The summed E-state index contributed by atoms with van der Waals surface area (Å²) in [5.74, 6) is 0.118. The van der Waals surface area contributed by atoms with Crippen molar-refractivity contribution in [1.82, 2.24) is 4.90 Å². The van der Waals surface area contributed by atoms with E-state index in [1.165, 1.54) is 4.90 Å². The standard InChI is InChI=1S/C23H25ClN2O3/c1-4-12-26-22(27)20(16-7-10-18(11-8-16)29-13-5-2)21(23(26)28)25-17-9-6-15(3)19(24)14-17/h6-11,14,25H,4-5,12-13H2,1-3H3. The molecule has 1 N–H and O–H groups in total. The molecule has 3 rings (SSSR count). The third-order valence-electron chi connectivity index (χ3n) is 4.67. The van der Waals surface area contributed by atoms with Gasteiger partial charge in [-0.3, -0.25) is 14.5 Å². The maximum atomic E-state index is 13.0. The summed E-state index contributed by atoms with van der Waals surface area (Å²) in [6, 6.07) is 12.7. The van der Waals surface area contributed by atoms with Gasteiger partial charge >= 0.3 is 0 Å². The van der Waals surface area contributed by atoms with Gasteiger partial charge in [-0.1, -0.05) is 43.6 Å². The molecule has 2 aromatic rings. The second-order valence-electron chi connectivity index (χ2n) is 6.97. The van der Waals surface area contributed by atoms with E-state index in [4.69, 9.17) is 16.3 Å². The van der Waals surface area contributed by atoms with Gasteiger partial charge in [-0.15, -0.1) is 0 Å². The first kappa shape index (κ1) is 20.9. The highest BCUT2D eigenvalue weighted by atomic mass is 35.5. The number of nitrogens with one attached hydrogen (secondary N) is 1. The van der Waals surface area contributed by atoms with Gasteiger partial charge in [0, 0.05) is 17.3 Å². The lowest BCUT2D eigenvalue weighted by atomic mass is 10.0. The zero-order chi connectivity index (χ0) is 21.0. The molecule has 6 heteroatoms. The maximum Gasteiger partial charge on any atom is 0.278 e. The van der Waals surface area contributed by atoms with Crippen LogP contribution in [-0.4, -0.2) is 29.9 Å². The van der Waals surface area contributed by atoms with Crippen LogP contribution in [-0.2, 0) is 9.59 Å². The van der Waals surface area contributed by atoms with Gasteiger partial charge in [0.2, 0.25) is 0 Å². The Morgan fingerprint density at radius 3 is 2.34 bits per heavy atom. The van der Waals surface area contributed by atoms with Gasteiger partial charge in [0.15, 0.2) is 0 Å². The van der Waals surface area contributed by atoms with Crippen molar-refractivity contribution in [3.05, 3.63) is 64.3 Å². The van der Waals surface area contributed by atoms with E-state index < -0.39 is 0 Å². The molecule has 1 aliphatic rings. The van der Waals surface area contributed by atoms with Gasteiger partial charge in [0.25, 0.3) is 11.8 Å². The van der Waals surface area contributed by atoms with Crippen LogP contribution >= 0.6 is 11.6 Å². The lowest BCUT2D eigenvalue weighted by Gasteiger charge is -2.14. The third-order valence-corrected chi connectivity index (χ3v) is 5.08. The second kappa shape index (κ2) is 9.14. The van der Waals surface area contributed by atoms with Crippen LogP contribution in [0, 0.1) is 6.92 Å². The number of carbonyl (C=O) groups excluding carboxylic acids is 2. The molecule has 2 amide bonds. The number of anilines is 1. The highest BCUT2D eigenvalue weighted by Gasteiger charge is 2.38. The molecule has 0 fully saturated rings. The van der Waals surface area contributed by atoms with Crippen LogP contribution < -0.4 is 10.1 Å². The van der Waals surface area contributed by atoms with E-state index in [0.29, 0.717) is 41.4 Å². The average molecular weight is 413 g/mol. The molecule has 0 aliphatic carbocycles. The fraction of sp³-hybridized carbons (Fsp3) is 0.304. The molecule has 0 bridgehead atoms. The third kappa shape index (κ3) is 4.46. The van der Waals surface area contributed by atoms with Crippen molar-refractivity contribution in [2.24, 2.45) is 0 Å². The van der Waals surface area contributed by atoms with Gasteiger partial charge in [-0.25, -0.2) is 0 Å². The van der Waals surface area contributed by atoms with E-state index in [1.807, 2.05) is 57.2 Å². The topological polar surface area (TPSA) is 58.6 Å². The molecule has 0 unspecified atom stereocenters. The molecule has 0 spiro atoms. The zero-order valence-electron chi connectivity index (χ0n) is 16.9. The number of halogens is 1. The lowest BCUT2D eigenvalue weighted by Crippen LogP contribution is -2.33. The number of rotatable bonds is 8. The highest BCUT2D eigenvalue weighted by Crippen LogP contribution is 2.32. The SMILES string of the molecule is CCCOc1ccc(C2=C(Nc3ccc(C)c(Cl)c3)C(=O)N(CCC)C2=O)cc1.